The molecule has 0 unspecified atom stereocenters. The number of benzene rings is 2. The molecule has 2 atom stereocenters. The molecule has 0 saturated heterocycles. The van der Waals surface area contributed by atoms with E-state index in [0.717, 1.165) is 22.5 Å². The Labute approximate surface area is 217 Å². The average Bonchev–Trinajstić information content (AvgIpc) is 2.80. The highest BCUT2D eigenvalue weighted by molar-refractivity contribution is 7.92. The van der Waals surface area contributed by atoms with Crippen LogP contribution in [-0.2, 0) is 26.2 Å². The fourth-order valence-electron chi connectivity index (χ4n) is 3.25. The molecule has 0 heterocycles. The molecule has 0 aromatic heterocycles. The molecule has 2 aromatic carbocycles. The molecule has 0 spiro atoms. The number of amides is 2. The number of carbonyl (C=O) groups is 2. The molecule has 2 rings (SSSR count). The first kappa shape index (κ1) is 28.7. The van der Waals surface area contributed by atoms with Crippen molar-refractivity contribution in [1.82, 2.24) is 10.2 Å². The number of rotatable bonds is 11. The lowest BCUT2D eigenvalue weighted by Crippen LogP contribution is -2.52. The molecular weight excluding hydrogens is 513 g/mol. The molecule has 2 aromatic rings. The summed E-state index contributed by atoms with van der Waals surface area (Å²) in [4.78, 5) is 27.8. The van der Waals surface area contributed by atoms with Gasteiger partial charge in [-0.3, -0.25) is 13.9 Å². The summed E-state index contributed by atoms with van der Waals surface area (Å²) in [6.45, 7) is 4.96. The summed E-state index contributed by atoms with van der Waals surface area (Å²) >= 11 is 12.2. The number of hydrogen-bond acceptors (Lipinski definition) is 5. The van der Waals surface area contributed by atoms with Crippen molar-refractivity contribution in [2.75, 3.05) is 24.2 Å². The van der Waals surface area contributed by atoms with Gasteiger partial charge in [0.15, 0.2) is 0 Å². The number of sulfonamides is 1. The lowest BCUT2D eigenvalue weighted by molar-refractivity contribution is -0.139. The number of halogens is 2. The monoisotopic (exact) mass is 543 g/mol. The third-order valence-corrected chi connectivity index (χ3v) is 7.20. The van der Waals surface area contributed by atoms with E-state index < -0.39 is 28.5 Å². The second kappa shape index (κ2) is 12.5. The minimum atomic E-state index is -3.89. The molecule has 11 heteroatoms. The summed E-state index contributed by atoms with van der Waals surface area (Å²) < 4.78 is 31.3. The van der Waals surface area contributed by atoms with Gasteiger partial charge in [0, 0.05) is 17.6 Å². The first-order valence-electron chi connectivity index (χ1n) is 11.0. The molecule has 1 N–H and O–H groups in total. The lowest BCUT2D eigenvalue weighted by atomic mass is 10.1. The molecule has 0 saturated carbocycles. The van der Waals surface area contributed by atoms with Gasteiger partial charge in [-0.15, -0.1) is 0 Å². The predicted molar refractivity (Wildman–Crippen MR) is 140 cm³/mol. The van der Waals surface area contributed by atoms with Crippen LogP contribution in [-0.4, -0.2) is 57.1 Å². The number of methoxy groups -OCH3 is 1. The van der Waals surface area contributed by atoms with E-state index in [-0.39, 0.29) is 29.2 Å². The lowest BCUT2D eigenvalue weighted by Gasteiger charge is -2.32. The zero-order valence-electron chi connectivity index (χ0n) is 20.4. The normalized spacial score (nSPS) is 13.0. The van der Waals surface area contributed by atoms with Gasteiger partial charge in [-0.1, -0.05) is 42.3 Å². The Morgan fingerprint density at radius 3 is 2.23 bits per heavy atom. The van der Waals surface area contributed by atoms with Gasteiger partial charge in [-0.05, 0) is 56.2 Å². The van der Waals surface area contributed by atoms with Crippen LogP contribution in [0.2, 0.25) is 10.0 Å². The minimum absolute atomic E-state index is 0.0803. The zero-order chi connectivity index (χ0) is 26.3. The fourth-order valence-corrected chi connectivity index (χ4v) is 4.68. The third kappa shape index (κ3) is 8.02. The Morgan fingerprint density at radius 2 is 1.71 bits per heavy atom. The molecule has 35 heavy (non-hydrogen) atoms. The van der Waals surface area contributed by atoms with Crippen LogP contribution in [0.4, 0.5) is 5.69 Å². The van der Waals surface area contributed by atoms with Gasteiger partial charge in [0.05, 0.1) is 24.1 Å². The summed E-state index contributed by atoms with van der Waals surface area (Å²) in [6, 6.07) is 10.4. The van der Waals surface area contributed by atoms with E-state index in [2.05, 4.69) is 5.32 Å². The van der Waals surface area contributed by atoms with Crippen molar-refractivity contribution < 1.29 is 22.7 Å². The molecule has 0 radical (unpaired) electrons. The van der Waals surface area contributed by atoms with E-state index in [0.29, 0.717) is 10.8 Å². The van der Waals surface area contributed by atoms with E-state index in [1.807, 2.05) is 13.8 Å². The summed E-state index contributed by atoms with van der Waals surface area (Å²) in [5.74, 6) is -0.254. The van der Waals surface area contributed by atoms with Gasteiger partial charge in [0.2, 0.25) is 21.8 Å². The largest absolute Gasteiger partial charge is 0.497 e. The van der Waals surface area contributed by atoms with Gasteiger partial charge in [0.1, 0.15) is 18.3 Å². The maximum Gasteiger partial charge on any atom is 0.244 e. The number of carbonyl (C=O) groups excluding carboxylic acids is 2. The van der Waals surface area contributed by atoms with Gasteiger partial charge in [-0.2, -0.15) is 0 Å². The van der Waals surface area contributed by atoms with E-state index in [9.17, 15) is 18.0 Å². The molecule has 0 bridgehead atoms. The summed E-state index contributed by atoms with van der Waals surface area (Å²) in [7, 11) is -2.34. The molecule has 0 aliphatic heterocycles. The van der Waals surface area contributed by atoms with Crippen LogP contribution < -0.4 is 14.4 Å². The van der Waals surface area contributed by atoms with E-state index in [4.69, 9.17) is 27.9 Å². The van der Waals surface area contributed by atoms with Gasteiger partial charge in [-0.25, -0.2) is 8.42 Å². The maximum atomic E-state index is 13.5. The quantitative estimate of drug-likeness (QED) is 0.460. The van der Waals surface area contributed by atoms with Gasteiger partial charge >= 0.3 is 0 Å². The van der Waals surface area contributed by atoms with Crippen LogP contribution in [0.5, 0.6) is 5.75 Å². The van der Waals surface area contributed by atoms with Crippen molar-refractivity contribution in [3.8, 4) is 5.75 Å². The average molecular weight is 545 g/mol. The summed E-state index contributed by atoms with van der Waals surface area (Å²) in [5, 5.41) is 3.29. The summed E-state index contributed by atoms with van der Waals surface area (Å²) in [6.07, 6.45) is 1.71. The number of hydrogen-bond donors (Lipinski definition) is 1. The van der Waals surface area contributed by atoms with Crippen LogP contribution in [0.1, 0.15) is 32.8 Å². The number of nitrogens with zero attached hydrogens (tertiary/aromatic N) is 2. The second-order valence-electron chi connectivity index (χ2n) is 8.23. The molecule has 2 amide bonds. The van der Waals surface area contributed by atoms with Crippen LogP contribution >= 0.6 is 23.2 Å². The first-order valence-corrected chi connectivity index (χ1v) is 13.6. The molecule has 0 aliphatic carbocycles. The highest BCUT2D eigenvalue weighted by Crippen LogP contribution is 2.30. The zero-order valence-corrected chi connectivity index (χ0v) is 22.7. The standard InChI is InChI=1S/C24H31Cl2N3O5S/c1-6-16(2)27-24(31)17(3)28(14-18-7-10-20(34-4)11-8-18)23(30)15-29(35(5,32)33)22-12-9-19(25)13-21(22)26/h7-13,16-17H,6,14-15H2,1-5H3,(H,27,31)/t16-,17+/m1/s1. The van der Waals surface area contributed by atoms with Crippen LogP contribution in [0, 0.1) is 0 Å². The van der Waals surface area contributed by atoms with Crippen LogP contribution in [0.3, 0.4) is 0 Å². The number of anilines is 1. The van der Waals surface area contributed by atoms with Gasteiger partial charge in [0.25, 0.3) is 0 Å². The van der Waals surface area contributed by atoms with Crippen LogP contribution in [0.15, 0.2) is 42.5 Å². The van der Waals surface area contributed by atoms with Crippen molar-refractivity contribution in [2.24, 2.45) is 0 Å². The Balaban J connectivity index is 2.41. The molecular formula is C24H31Cl2N3O5S. The van der Waals surface area contributed by atoms with Crippen LogP contribution in [0.25, 0.3) is 0 Å². The maximum absolute atomic E-state index is 13.5. The fraction of sp³-hybridized carbons (Fsp3) is 0.417. The molecule has 8 nitrogen and oxygen atoms in total. The van der Waals surface area contributed by atoms with Crippen molar-refractivity contribution in [3.05, 3.63) is 58.1 Å². The molecule has 192 valence electrons. The molecule has 0 fully saturated rings. The topological polar surface area (TPSA) is 96.0 Å². The Hall–Kier alpha value is -2.49. The van der Waals surface area contributed by atoms with E-state index >= 15 is 0 Å². The third-order valence-electron chi connectivity index (χ3n) is 5.54. The second-order valence-corrected chi connectivity index (χ2v) is 11.0. The molecule has 0 aliphatic rings. The Kier molecular flexibility index (Phi) is 10.2. The highest BCUT2D eigenvalue weighted by atomic mass is 35.5. The minimum Gasteiger partial charge on any atom is -0.497 e. The van der Waals surface area contributed by atoms with Crippen molar-refractivity contribution in [2.45, 2.75) is 45.8 Å². The summed E-state index contributed by atoms with van der Waals surface area (Å²) in [5.41, 5.74) is 0.866. The Bertz CT molecular complexity index is 1140. The van der Waals surface area contributed by atoms with E-state index in [1.54, 1.807) is 38.3 Å². The smallest absolute Gasteiger partial charge is 0.244 e. The Morgan fingerprint density at radius 1 is 1.09 bits per heavy atom. The van der Waals surface area contributed by atoms with Crippen molar-refractivity contribution in [1.29, 1.82) is 0 Å². The SMILES string of the molecule is CC[C@@H](C)NC(=O)[C@H](C)N(Cc1ccc(OC)cc1)C(=O)CN(c1ccc(Cl)cc1Cl)S(C)(=O)=O. The van der Waals surface area contributed by atoms with E-state index in [1.165, 1.54) is 23.1 Å². The number of ether oxygens (including phenoxy) is 1. The predicted octanol–water partition coefficient (Wildman–Crippen LogP) is 4.10. The van der Waals surface area contributed by atoms with Crippen molar-refractivity contribution >= 4 is 50.7 Å². The first-order chi connectivity index (χ1) is 16.4. The van der Waals surface area contributed by atoms with Gasteiger partial charge < -0.3 is 15.0 Å². The number of nitrogens with one attached hydrogen (secondary N) is 1. The highest BCUT2D eigenvalue weighted by Gasteiger charge is 2.31. The van der Waals surface area contributed by atoms with Crippen molar-refractivity contribution in [3.63, 3.8) is 0 Å².